The average molecular weight is 346 g/mol. The Hall–Kier alpha value is -1.87. The highest BCUT2D eigenvalue weighted by atomic mass is 16.7. The first-order chi connectivity index (χ1) is 12.0. The monoisotopic (exact) mass is 346 g/mol. The van der Waals surface area contributed by atoms with Crippen LogP contribution in [0.1, 0.15) is 38.7 Å². The summed E-state index contributed by atoms with van der Waals surface area (Å²) in [5.74, 6) is 5.74. The number of hydrogen-bond donors (Lipinski definition) is 0. The molecule has 1 atom stereocenters. The Morgan fingerprint density at radius 1 is 1.32 bits per heavy atom. The van der Waals surface area contributed by atoms with Crippen LogP contribution >= 0.6 is 0 Å². The van der Waals surface area contributed by atoms with Crippen molar-refractivity contribution in [2.75, 3.05) is 20.3 Å². The molecule has 0 spiro atoms. The minimum Gasteiger partial charge on any atom is -0.497 e. The van der Waals surface area contributed by atoms with Crippen molar-refractivity contribution in [3.63, 3.8) is 0 Å². The molecule has 0 N–H and O–H groups in total. The molecule has 1 aliphatic heterocycles. The van der Waals surface area contributed by atoms with Gasteiger partial charge in [0.25, 0.3) is 0 Å². The highest BCUT2D eigenvalue weighted by molar-refractivity contribution is 5.95. The first-order valence-electron chi connectivity index (χ1n) is 8.52. The van der Waals surface area contributed by atoms with E-state index in [1.165, 1.54) is 0 Å². The molecule has 0 aliphatic carbocycles. The van der Waals surface area contributed by atoms with E-state index < -0.39 is 5.79 Å². The van der Waals surface area contributed by atoms with E-state index in [1.54, 1.807) is 7.11 Å². The molecule has 0 aromatic heterocycles. The standard InChI is InChI=1S/C20H26O5/c1-20(2)24-15-19(25-20)12-9-17(21)6-4-5-13-23-14-16-7-10-18(22-3)11-8-16/h7-8,10-11,19H,5,9,12-15H2,1-3H3. The van der Waals surface area contributed by atoms with Gasteiger partial charge >= 0.3 is 0 Å². The van der Waals surface area contributed by atoms with Crippen LogP contribution in [0.2, 0.25) is 0 Å². The third kappa shape index (κ3) is 7.27. The highest BCUT2D eigenvalue weighted by Gasteiger charge is 2.32. The van der Waals surface area contributed by atoms with Gasteiger partial charge in [0.15, 0.2) is 5.79 Å². The van der Waals surface area contributed by atoms with Crippen LogP contribution in [-0.2, 0) is 25.6 Å². The Morgan fingerprint density at radius 3 is 2.72 bits per heavy atom. The number of carbonyl (C=O) groups excluding carboxylic acids is 1. The van der Waals surface area contributed by atoms with Crippen LogP contribution in [-0.4, -0.2) is 38.0 Å². The fraction of sp³-hybridized carbons (Fsp3) is 0.550. The molecular weight excluding hydrogens is 320 g/mol. The quantitative estimate of drug-likeness (QED) is 0.411. The fourth-order valence-corrected chi connectivity index (χ4v) is 2.46. The number of rotatable bonds is 8. The topological polar surface area (TPSA) is 54.0 Å². The van der Waals surface area contributed by atoms with Gasteiger partial charge in [-0.2, -0.15) is 0 Å². The third-order valence-corrected chi connectivity index (χ3v) is 3.79. The Bertz CT molecular complexity index is 609. The van der Waals surface area contributed by atoms with Gasteiger partial charge in [0.05, 0.1) is 33.0 Å². The number of ketones is 1. The van der Waals surface area contributed by atoms with Crippen molar-refractivity contribution in [2.45, 2.75) is 51.6 Å². The predicted octanol–water partition coefficient (Wildman–Crippen LogP) is 3.11. The van der Waals surface area contributed by atoms with E-state index in [2.05, 4.69) is 11.8 Å². The lowest BCUT2D eigenvalue weighted by Gasteiger charge is -2.16. The second kappa shape index (κ2) is 9.57. The molecule has 1 aliphatic rings. The maximum Gasteiger partial charge on any atom is 0.205 e. The molecule has 25 heavy (non-hydrogen) atoms. The summed E-state index contributed by atoms with van der Waals surface area (Å²) in [7, 11) is 1.64. The summed E-state index contributed by atoms with van der Waals surface area (Å²) in [6.45, 7) is 5.31. The fourth-order valence-electron chi connectivity index (χ4n) is 2.46. The van der Waals surface area contributed by atoms with Crippen molar-refractivity contribution >= 4 is 5.78 Å². The maximum absolute atomic E-state index is 11.8. The average Bonchev–Trinajstić information content (AvgIpc) is 2.95. The van der Waals surface area contributed by atoms with Gasteiger partial charge in [0, 0.05) is 12.8 Å². The number of benzene rings is 1. The van der Waals surface area contributed by atoms with Gasteiger partial charge in [-0.15, -0.1) is 0 Å². The third-order valence-electron chi connectivity index (χ3n) is 3.79. The van der Waals surface area contributed by atoms with Gasteiger partial charge in [-0.1, -0.05) is 18.1 Å². The lowest BCUT2D eigenvalue weighted by Crippen LogP contribution is -2.21. The Kier molecular flexibility index (Phi) is 7.45. The van der Waals surface area contributed by atoms with Gasteiger partial charge < -0.3 is 18.9 Å². The van der Waals surface area contributed by atoms with Gasteiger partial charge in [-0.05, 0) is 43.9 Å². The summed E-state index contributed by atoms with van der Waals surface area (Å²) in [5.41, 5.74) is 1.08. The van der Waals surface area contributed by atoms with Crippen molar-refractivity contribution in [2.24, 2.45) is 0 Å². The van der Waals surface area contributed by atoms with Gasteiger partial charge in [-0.25, -0.2) is 0 Å². The minimum atomic E-state index is -0.541. The molecule has 136 valence electrons. The lowest BCUT2D eigenvalue weighted by atomic mass is 10.1. The van der Waals surface area contributed by atoms with Crippen molar-refractivity contribution in [3.8, 4) is 17.6 Å². The molecule has 0 bridgehead atoms. The molecule has 0 saturated carbocycles. The second-order valence-corrected chi connectivity index (χ2v) is 6.36. The molecule has 1 fully saturated rings. The smallest absolute Gasteiger partial charge is 0.205 e. The van der Waals surface area contributed by atoms with Gasteiger partial charge in [-0.3, -0.25) is 4.79 Å². The van der Waals surface area contributed by atoms with Crippen LogP contribution in [0.3, 0.4) is 0 Å². The van der Waals surface area contributed by atoms with E-state index in [0.717, 1.165) is 11.3 Å². The number of ether oxygens (including phenoxy) is 4. The van der Waals surface area contributed by atoms with Crippen LogP contribution in [0, 0.1) is 11.8 Å². The van der Waals surface area contributed by atoms with Crippen molar-refractivity contribution in [1.82, 2.24) is 0 Å². The molecule has 1 heterocycles. The largest absolute Gasteiger partial charge is 0.497 e. The summed E-state index contributed by atoms with van der Waals surface area (Å²) in [6.07, 6.45) is 1.56. The van der Waals surface area contributed by atoms with E-state index >= 15 is 0 Å². The van der Waals surface area contributed by atoms with Crippen molar-refractivity contribution in [3.05, 3.63) is 29.8 Å². The van der Waals surface area contributed by atoms with Crippen LogP contribution in [0.5, 0.6) is 5.75 Å². The number of carbonyl (C=O) groups is 1. The highest BCUT2D eigenvalue weighted by Crippen LogP contribution is 2.24. The van der Waals surface area contributed by atoms with E-state index in [0.29, 0.717) is 39.1 Å². The number of methoxy groups -OCH3 is 1. The zero-order valence-corrected chi connectivity index (χ0v) is 15.2. The molecular formula is C20H26O5. The van der Waals surface area contributed by atoms with Crippen LogP contribution < -0.4 is 4.74 Å². The summed E-state index contributed by atoms with van der Waals surface area (Å²) in [4.78, 5) is 11.8. The first kappa shape index (κ1) is 19.5. The predicted molar refractivity (Wildman–Crippen MR) is 94.2 cm³/mol. The number of Topliss-reactive ketones (excluding diaryl/α,β-unsaturated/α-hetero) is 1. The van der Waals surface area contributed by atoms with E-state index in [-0.39, 0.29) is 11.9 Å². The summed E-state index contributed by atoms with van der Waals surface area (Å²) in [5, 5.41) is 0. The minimum absolute atomic E-state index is 0.0198. The van der Waals surface area contributed by atoms with Crippen LogP contribution in [0.25, 0.3) is 0 Å². The van der Waals surface area contributed by atoms with E-state index in [1.807, 2.05) is 38.1 Å². The Morgan fingerprint density at radius 2 is 2.08 bits per heavy atom. The van der Waals surface area contributed by atoms with E-state index in [4.69, 9.17) is 18.9 Å². The Labute approximate surface area is 149 Å². The van der Waals surface area contributed by atoms with Crippen LogP contribution in [0.15, 0.2) is 24.3 Å². The van der Waals surface area contributed by atoms with Gasteiger partial charge in [0.1, 0.15) is 5.75 Å². The first-order valence-corrected chi connectivity index (χ1v) is 8.52. The molecule has 5 nitrogen and oxygen atoms in total. The molecule has 1 saturated heterocycles. The summed E-state index contributed by atoms with van der Waals surface area (Å²) >= 11 is 0. The normalized spacial score (nSPS) is 18.4. The maximum atomic E-state index is 11.8. The van der Waals surface area contributed by atoms with Gasteiger partial charge in [0.2, 0.25) is 5.78 Å². The molecule has 1 unspecified atom stereocenters. The molecule has 1 aromatic rings. The zero-order chi connectivity index (χ0) is 18.1. The second-order valence-electron chi connectivity index (χ2n) is 6.36. The molecule has 1 aromatic carbocycles. The molecule has 0 amide bonds. The Balaban J connectivity index is 1.56. The summed E-state index contributed by atoms with van der Waals surface area (Å²) < 4.78 is 21.8. The van der Waals surface area contributed by atoms with Crippen molar-refractivity contribution in [1.29, 1.82) is 0 Å². The summed E-state index contributed by atoms with van der Waals surface area (Å²) in [6, 6.07) is 7.73. The van der Waals surface area contributed by atoms with E-state index in [9.17, 15) is 4.79 Å². The lowest BCUT2D eigenvalue weighted by molar-refractivity contribution is -0.139. The number of hydrogen-bond acceptors (Lipinski definition) is 5. The molecule has 2 rings (SSSR count). The zero-order valence-electron chi connectivity index (χ0n) is 15.2. The SMILES string of the molecule is COc1ccc(COCCC#CC(=O)CCC2COC(C)(C)O2)cc1. The van der Waals surface area contributed by atoms with Crippen molar-refractivity contribution < 1.29 is 23.7 Å². The molecule has 5 heteroatoms. The van der Waals surface area contributed by atoms with Crippen LogP contribution in [0.4, 0.5) is 0 Å². The molecule has 0 radical (unpaired) electrons.